The highest BCUT2D eigenvalue weighted by Crippen LogP contribution is 2.24. The van der Waals surface area contributed by atoms with Crippen molar-refractivity contribution in [3.8, 4) is 11.5 Å². The fraction of sp³-hybridized carbons (Fsp3) is 0.406. The van der Waals surface area contributed by atoms with E-state index in [9.17, 15) is 13.2 Å². The van der Waals surface area contributed by atoms with Gasteiger partial charge < -0.3 is 20.1 Å². The molecule has 42 heavy (non-hydrogen) atoms. The third-order valence-electron chi connectivity index (χ3n) is 6.73. The van der Waals surface area contributed by atoms with Crippen molar-refractivity contribution in [3.05, 3.63) is 89.5 Å². The van der Waals surface area contributed by atoms with Crippen LogP contribution in [0.2, 0.25) is 0 Å². The molecular weight excluding hydrogens is 589 g/mol. The maximum atomic E-state index is 13.5. The van der Waals surface area contributed by atoms with E-state index < -0.39 is 15.1 Å². The van der Waals surface area contributed by atoms with Crippen LogP contribution >= 0.6 is 23.5 Å². The summed E-state index contributed by atoms with van der Waals surface area (Å²) < 4.78 is 37.4. The fourth-order valence-corrected chi connectivity index (χ4v) is 7.95. The lowest BCUT2D eigenvalue weighted by Crippen LogP contribution is -2.36. The smallest absolute Gasteiger partial charge is 0.233 e. The predicted molar refractivity (Wildman–Crippen MR) is 176 cm³/mol. The summed E-state index contributed by atoms with van der Waals surface area (Å²) in [6.07, 6.45) is 0.973. The molecule has 0 saturated heterocycles. The van der Waals surface area contributed by atoms with Gasteiger partial charge in [0.05, 0.1) is 30.9 Å². The number of aryl methyl sites for hydroxylation is 1. The second-order valence-corrected chi connectivity index (χ2v) is 14.3. The highest BCUT2D eigenvalue weighted by molar-refractivity contribution is 7.98. The van der Waals surface area contributed by atoms with Crippen LogP contribution in [-0.2, 0) is 26.1 Å². The summed E-state index contributed by atoms with van der Waals surface area (Å²) in [6.45, 7) is 3.13. The summed E-state index contributed by atoms with van der Waals surface area (Å²) in [7, 11) is -0.204. The van der Waals surface area contributed by atoms with Crippen LogP contribution in [0.4, 0.5) is 0 Å². The van der Waals surface area contributed by atoms with Gasteiger partial charge in [-0.25, -0.2) is 8.42 Å². The minimum Gasteiger partial charge on any atom is -0.497 e. The molecule has 3 rings (SSSR count). The molecule has 0 radical (unpaired) electrons. The molecule has 0 aliphatic carbocycles. The zero-order valence-corrected chi connectivity index (χ0v) is 27.1. The van der Waals surface area contributed by atoms with Gasteiger partial charge in [0.1, 0.15) is 11.5 Å². The van der Waals surface area contributed by atoms with E-state index in [0.29, 0.717) is 30.8 Å². The Morgan fingerprint density at radius 3 is 1.86 bits per heavy atom. The third kappa shape index (κ3) is 11.6. The molecule has 228 valence electrons. The zero-order valence-electron chi connectivity index (χ0n) is 24.6. The van der Waals surface area contributed by atoms with Gasteiger partial charge in [-0.1, -0.05) is 42.0 Å². The largest absolute Gasteiger partial charge is 0.497 e. The molecule has 3 aromatic carbocycles. The van der Waals surface area contributed by atoms with Gasteiger partial charge in [-0.05, 0) is 79.6 Å². The molecule has 0 spiro atoms. The predicted octanol–water partition coefficient (Wildman–Crippen LogP) is 5.51. The Hall–Kier alpha value is -2.66. The maximum absolute atomic E-state index is 13.5. The van der Waals surface area contributed by atoms with Crippen LogP contribution < -0.4 is 20.1 Å². The van der Waals surface area contributed by atoms with Crippen LogP contribution in [-0.4, -0.2) is 64.9 Å². The number of carbonyl (C=O) groups is 1. The average molecular weight is 631 g/mol. The van der Waals surface area contributed by atoms with E-state index in [0.717, 1.165) is 40.1 Å². The molecule has 7 nitrogen and oxygen atoms in total. The highest BCUT2D eigenvalue weighted by atomic mass is 32.2. The molecule has 0 bridgehead atoms. The number of amides is 1. The number of nitrogens with one attached hydrogen (secondary N) is 2. The van der Waals surface area contributed by atoms with E-state index in [1.165, 1.54) is 11.1 Å². The summed E-state index contributed by atoms with van der Waals surface area (Å²) >= 11 is 3.48. The summed E-state index contributed by atoms with van der Waals surface area (Å²) in [5, 5.41) is 5.53. The van der Waals surface area contributed by atoms with Crippen LogP contribution in [0.1, 0.15) is 29.5 Å². The molecular formula is C32H42N2O5S3. The number of carbonyl (C=O) groups excluding carboxylic acids is 1. The number of ether oxygens (including phenoxy) is 2. The van der Waals surface area contributed by atoms with E-state index in [1.54, 1.807) is 49.9 Å². The van der Waals surface area contributed by atoms with Gasteiger partial charge >= 0.3 is 0 Å². The second kappa shape index (κ2) is 18.1. The first-order chi connectivity index (χ1) is 20.3. The van der Waals surface area contributed by atoms with Gasteiger partial charge in [0.2, 0.25) is 5.91 Å². The molecule has 10 heteroatoms. The molecule has 1 unspecified atom stereocenters. The Balaban J connectivity index is 1.41. The number of hydrogen-bond donors (Lipinski definition) is 2. The van der Waals surface area contributed by atoms with Gasteiger partial charge in [-0.2, -0.15) is 23.5 Å². The number of methoxy groups -OCH3 is 2. The first-order valence-corrected chi connectivity index (χ1v) is 17.9. The van der Waals surface area contributed by atoms with Gasteiger partial charge in [0.15, 0.2) is 9.84 Å². The summed E-state index contributed by atoms with van der Waals surface area (Å²) in [6, 6.07) is 22.9. The molecule has 0 aliphatic heterocycles. The standard InChI is InChI=1S/C32H42N2O5S3/c1-25-4-14-30(15-5-25)42(36,37)31(17-20-40-23-26-6-10-28(38-2)11-7-26)16-18-33-22-32(35)34-19-21-41-24-27-8-12-29(39-3)13-9-27/h4-15,31,33H,16-24H2,1-3H3,(H,34,35). The Labute approximate surface area is 259 Å². The van der Waals surface area contributed by atoms with Crippen molar-refractivity contribution in [3.63, 3.8) is 0 Å². The fourth-order valence-electron chi connectivity index (χ4n) is 4.20. The van der Waals surface area contributed by atoms with Crippen LogP contribution in [0.5, 0.6) is 11.5 Å². The summed E-state index contributed by atoms with van der Waals surface area (Å²) in [5.74, 6) is 4.77. The summed E-state index contributed by atoms with van der Waals surface area (Å²) in [5.41, 5.74) is 3.40. The van der Waals surface area contributed by atoms with Crippen molar-refractivity contribution in [1.29, 1.82) is 0 Å². The number of hydrogen-bond acceptors (Lipinski definition) is 8. The van der Waals surface area contributed by atoms with E-state index >= 15 is 0 Å². The monoisotopic (exact) mass is 630 g/mol. The Morgan fingerprint density at radius 1 is 0.762 bits per heavy atom. The molecule has 0 aromatic heterocycles. The van der Waals surface area contributed by atoms with Crippen molar-refractivity contribution in [2.45, 2.75) is 41.4 Å². The second-order valence-electron chi connectivity index (χ2n) is 9.89. The first-order valence-electron chi connectivity index (χ1n) is 14.0. The molecule has 0 saturated carbocycles. The van der Waals surface area contributed by atoms with E-state index in [-0.39, 0.29) is 12.5 Å². The van der Waals surface area contributed by atoms with E-state index in [1.807, 2.05) is 67.6 Å². The van der Waals surface area contributed by atoms with Crippen molar-refractivity contribution in [2.75, 3.05) is 45.4 Å². The maximum Gasteiger partial charge on any atom is 0.233 e. The normalized spacial score (nSPS) is 12.1. The van der Waals surface area contributed by atoms with Crippen molar-refractivity contribution in [1.82, 2.24) is 10.6 Å². The van der Waals surface area contributed by atoms with Gasteiger partial charge in [0.25, 0.3) is 0 Å². The molecule has 1 amide bonds. The van der Waals surface area contributed by atoms with Crippen LogP contribution in [0, 0.1) is 6.92 Å². The van der Waals surface area contributed by atoms with Crippen LogP contribution in [0.25, 0.3) is 0 Å². The van der Waals surface area contributed by atoms with Crippen molar-refractivity contribution in [2.24, 2.45) is 0 Å². The molecule has 0 aliphatic rings. The SMILES string of the molecule is COc1ccc(CSCCNC(=O)CNCCC(CCSCc2ccc(OC)cc2)S(=O)(=O)c2ccc(C)cc2)cc1. The molecule has 1 atom stereocenters. The lowest BCUT2D eigenvalue weighted by molar-refractivity contribution is -0.120. The third-order valence-corrected chi connectivity index (χ3v) is 11.1. The quantitative estimate of drug-likeness (QED) is 0.168. The first kappa shape index (κ1) is 33.8. The van der Waals surface area contributed by atoms with Gasteiger partial charge in [-0.3, -0.25) is 4.79 Å². The molecule has 3 aromatic rings. The van der Waals surface area contributed by atoms with Gasteiger partial charge in [0, 0.05) is 23.8 Å². The Morgan fingerprint density at radius 2 is 1.31 bits per heavy atom. The van der Waals surface area contributed by atoms with Crippen LogP contribution in [0.3, 0.4) is 0 Å². The lowest BCUT2D eigenvalue weighted by atomic mass is 10.2. The molecule has 0 heterocycles. The Kier molecular flexibility index (Phi) is 14.6. The Bertz CT molecular complexity index is 1320. The number of sulfone groups is 1. The van der Waals surface area contributed by atoms with Crippen molar-refractivity contribution < 1.29 is 22.7 Å². The zero-order chi connectivity index (χ0) is 30.2. The molecule has 2 N–H and O–H groups in total. The average Bonchev–Trinajstić information content (AvgIpc) is 3.00. The van der Waals surface area contributed by atoms with Crippen LogP contribution in [0.15, 0.2) is 77.7 Å². The van der Waals surface area contributed by atoms with Crippen molar-refractivity contribution >= 4 is 39.3 Å². The number of rotatable bonds is 19. The lowest BCUT2D eigenvalue weighted by Gasteiger charge is -2.18. The highest BCUT2D eigenvalue weighted by Gasteiger charge is 2.27. The minimum absolute atomic E-state index is 0.0898. The number of thioether (sulfide) groups is 2. The number of benzene rings is 3. The van der Waals surface area contributed by atoms with E-state index in [2.05, 4.69) is 10.6 Å². The topological polar surface area (TPSA) is 93.7 Å². The van der Waals surface area contributed by atoms with E-state index in [4.69, 9.17) is 9.47 Å². The summed E-state index contributed by atoms with van der Waals surface area (Å²) in [4.78, 5) is 12.7. The van der Waals surface area contributed by atoms with Gasteiger partial charge in [-0.15, -0.1) is 0 Å². The minimum atomic E-state index is -3.50. The molecule has 0 fully saturated rings.